The molecule has 2 N–H and O–H groups in total. The van der Waals surface area contributed by atoms with Gasteiger partial charge in [-0.15, -0.1) is 10.2 Å². The number of rotatable bonds is 5. The number of aliphatic carboxylic acids is 1. The van der Waals surface area contributed by atoms with Gasteiger partial charge in [-0.3, -0.25) is 9.36 Å². The average molecular weight is 268 g/mol. The second kappa shape index (κ2) is 5.17. The van der Waals surface area contributed by atoms with Crippen LogP contribution in [0.25, 0.3) is 11.5 Å². The van der Waals surface area contributed by atoms with Crippen molar-refractivity contribution in [3.8, 4) is 11.5 Å². The van der Waals surface area contributed by atoms with Crippen LogP contribution in [0.3, 0.4) is 0 Å². The highest BCUT2D eigenvalue weighted by molar-refractivity contribution is 7.99. The zero-order chi connectivity index (χ0) is 13.1. The van der Waals surface area contributed by atoms with E-state index in [1.54, 1.807) is 6.20 Å². The van der Waals surface area contributed by atoms with Crippen LogP contribution in [0.4, 0.5) is 0 Å². The average Bonchev–Trinajstić information content (AvgIpc) is 2.94. The molecule has 0 saturated carbocycles. The van der Waals surface area contributed by atoms with Crippen molar-refractivity contribution >= 4 is 17.7 Å². The summed E-state index contributed by atoms with van der Waals surface area (Å²) in [5, 5.41) is 27.5. The molecule has 96 valence electrons. The van der Waals surface area contributed by atoms with Crippen LogP contribution in [0, 0.1) is 0 Å². The lowest BCUT2D eigenvalue weighted by atomic mass is 10.3. The molecule has 0 bridgehead atoms. The van der Waals surface area contributed by atoms with E-state index < -0.39 is 5.97 Å². The van der Waals surface area contributed by atoms with E-state index in [1.165, 1.54) is 0 Å². The second-order valence-corrected chi connectivity index (χ2v) is 4.75. The van der Waals surface area contributed by atoms with Crippen LogP contribution in [0.15, 0.2) is 11.4 Å². The van der Waals surface area contributed by atoms with E-state index in [-0.39, 0.29) is 11.8 Å². The van der Waals surface area contributed by atoms with Crippen LogP contribution in [0.2, 0.25) is 0 Å². The summed E-state index contributed by atoms with van der Waals surface area (Å²) in [6, 6.07) is 0.1000. The van der Waals surface area contributed by atoms with Gasteiger partial charge in [0, 0.05) is 6.04 Å². The molecule has 2 aromatic heterocycles. The van der Waals surface area contributed by atoms with Gasteiger partial charge in [0.2, 0.25) is 0 Å². The number of hydrogen-bond acceptors (Lipinski definition) is 6. The SMILES string of the molecule is CC(C)n1c(SCC(=O)O)nnc1-c1cn[nH]n1. The molecule has 2 aromatic rings. The Balaban J connectivity index is 2.34. The molecule has 18 heavy (non-hydrogen) atoms. The van der Waals surface area contributed by atoms with Crippen LogP contribution >= 0.6 is 11.8 Å². The van der Waals surface area contributed by atoms with Crippen molar-refractivity contribution in [2.45, 2.75) is 25.0 Å². The zero-order valence-corrected chi connectivity index (χ0v) is 10.7. The molecule has 8 nitrogen and oxygen atoms in total. The number of H-pyrrole nitrogens is 1. The third-order valence-electron chi connectivity index (χ3n) is 2.15. The number of carbonyl (C=O) groups is 1. The maximum atomic E-state index is 10.6. The first-order chi connectivity index (χ1) is 8.59. The van der Waals surface area contributed by atoms with Gasteiger partial charge in [-0.2, -0.15) is 15.4 Å². The molecule has 0 saturated heterocycles. The normalized spacial score (nSPS) is 11.1. The Morgan fingerprint density at radius 3 is 2.89 bits per heavy atom. The molecule has 2 rings (SSSR count). The Bertz CT molecular complexity index is 535. The van der Waals surface area contributed by atoms with E-state index in [1.807, 2.05) is 18.4 Å². The van der Waals surface area contributed by atoms with Crippen molar-refractivity contribution in [3.63, 3.8) is 0 Å². The molecule has 0 aliphatic heterocycles. The summed E-state index contributed by atoms with van der Waals surface area (Å²) < 4.78 is 1.84. The van der Waals surface area contributed by atoms with E-state index in [4.69, 9.17) is 5.11 Å². The summed E-state index contributed by atoms with van der Waals surface area (Å²) in [6.07, 6.45) is 1.55. The van der Waals surface area contributed by atoms with Crippen molar-refractivity contribution in [2.75, 3.05) is 5.75 Å². The van der Waals surface area contributed by atoms with Crippen molar-refractivity contribution in [3.05, 3.63) is 6.20 Å². The fraction of sp³-hybridized carbons (Fsp3) is 0.444. The topological polar surface area (TPSA) is 110 Å². The third-order valence-corrected chi connectivity index (χ3v) is 3.08. The number of aromatic amines is 1. The maximum Gasteiger partial charge on any atom is 0.313 e. The molecule has 0 aliphatic rings. The Labute approximate surface area is 107 Å². The first-order valence-corrected chi connectivity index (χ1v) is 6.23. The Morgan fingerprint density at radius 2 is 2.33 bits per heavy atom. The highest BCUT2D eigenvalue weighted by Gasteiger charge is 2.18. The number of carboxylic acids is 1. The quantitative estimate of drug-likeness (QED) is 0.772. The summed E-state index contributed by atoms with van der Waals surface area (Å²) in [6.45, 7) is 3.94. The predicted molar refractivity (Wildman–Crippen MR) is 64.1 cm³/mol. The molecular formula is C9H12N6O2S. The minimum Gasteiger partial charge on any atom is -0.481 e. The largest absolute Gasteiger partial charge is 0.481 e. The standard InChI is InChI=1S/C9H12N6O2S/c1-5(2)15-8(6-3-10-14-11-6)12-13-9(15)18-4-7(16)17/h3,5H,4H2,1-2H3,(H,16,17)(H,10,11,14). The number of aromatic nitrogens is 6. The minimum absolute atomic E-state index is 0.0519. The molecule has 0 aliphatic carbocycles. The smallest absolute Gasteiger partial charge is 0.313 e. The van der Waals surface area contributed by atoms with Gasteiger partial charge >= 0.3 is 5.97 Å². The Hall–Kier alpha value is -1.90. The summed E-state index contributed by atoms with van der Waals surface area (Å²) in [4.78, 5) is 10.6. The Kier molecular flexibility index (Phi) is 3.60. The van der Waals surface area contributed by atoms with Crippen LogP contribution in [-0.4, -0.2) is 47.0 Å². The molecule has 9 heteroatoms. The zero-order valence-electron chi connectivity index (χ0n) is 9.86. The molecule has 0 aromatic carbocycles. The van der Waals surface area contributed by atoms with Gasteiger partial charge in [-0.25, -0.2) is 0 Å². The van der Waals surface area contributed by atoms with Crippen LogP contribution in [0.5, 0.6) is 0 Å². The number of nitrogens with zero attached hydrogens (tertiary/aromatic N) is 5. The lowest BCUT2D eigenvalue weighted by Crippen LogP contribution is -2.07. The van der Waals surface area contributed by atoms with Gasteiger partial charge in [0.25, 0.3) is 0 Å². The van der Waals surface area contributed by atoms with E-state index in [2.05, 4.69) is 25.6 Å². The van der Waals surface area contributed by atoms with Gasteiger partial charge in [-0.05, 0) is 13.8 Å². The van der Waals surface area contributed by atoms with Gasteiger partial charge < -0.3 is 5.11 Å². The van der Waals surface area contributed by atoms with E-state index >= 15 is 0 Å². The molecule has 2 heterocycles. The highest BCUT2D eigenvalue weighted by Crippen LogP contribution is 2.25. The van der Waals surface area contributed by atoms with Crippen LogP contribution < -0.4 is 0 Å². The summed E-state index contributed by atoms with van der Waals surface area (Å²) in [5.41, 5.74) is 0.582. The fourth-order valence-electron chi connectivity index (χ4n) is 1.45. The van der Waals surface area contributed by atoms with Gasteiger partial charge in [0.15, 0.2) is 11.0 Å². The van der Waals surface area contributed by atoms with Crippen molar-refractivity contribution in [2.24, 2.45) is 0 Å². The number of hydrogen-bond donors (Lipinski definition) is 2. The predicted octanol–water partition coefficient (Wildman–Crippen LogP) is 0.821. The molecular weight excluding hydrogens is 256 g/mol. The lowest BCUT2D eigenvalue weighted by Gasteiger charge is -2.11. The van der Waals surface area contributed by atoms with Gasteiger partial charge in [0.05, 0.1) is 11.9 Å². The molecule has 0 amide bonds. The number of carboxylic acid groups (broad SMARTS) is 1. The maximum absolute atomic E-state index is 10.6. The monoisotopic (exact) mass is 268 g/mol. The Morgan fingerprint density at radius 1 is 1.56 bits per heavy atom. The first-order valence-electron chi connectivity index (χ1n) is 5.25. The molecule has 0 fully saturated rings. The lowest BCUT2D eigenvalue weighted by molar-refractivity contribution is -0.133. The molecule has 0 unspecified atom stereocenters. The van der Waals surface area contributed by atoms with E-state index in [9.17, 15) is 4.79 Å². The van der Waals surface area contributed by atoms with Crippen molar-refractivity contribution in [1.29, 1.82) is 0 Å². The number of nitrogens with one attached hydrogen (secondary N) is 1. The molecule has 0 radical (unpaired) electrons. The van der Waals surface area contributed by atoms with Crippen LogP contribution in [0.1, 0.15) is 19.9 Å². The summed E-state index contributed by atoms with van der Waals surface area (Å²) >= 11 is 1.13. The molecule has 0 atom stereocenters. The third kappa shape index (κ3) is 2.50. The van der Waals surface area contributed by atoms with Gasteiger partial charge in [-0.1, -0.05) is 11.8 Å². The minimum atomic E-state index is -0.888. The summed E-state index contributed by atoms with van der Waals surface area (Å²) in [5.74, 6) is -0.364. The van der Waals surface area contributed by atoms with Crippen LogP contribution in [-0.2, 0) is 4.79 Å². The van der Waals surface area contributed by atoms with E-state index in [0.29, 0.717) is 16.7 Å². The van der Waals surface area contributed by atoms with Crippen molar-refractivity contribution < 1.29 is 9.90 Å². The number of thioether (sulfide) groups is 1. The van der Waals surface area contributed by atoms with Crippen molar-refractivity contribution in [1.82, 2.24) is 30.2 Å². The second-order valence-electron chi connectivity index (χ2n) is 3.81. The van der Waals surface area contributed by atoms with Gasteiger partial charge in [0.1, 0.15) is 5.69 Å². The summed E-state index contributed by atoms with van der Waals surface area (Å²) in [7, 11) is 0. The molecule has 0 spiro atoms. The highest BCUT2D eigenvalue weighted by atomic mass is 32.2. The first kappa shape index (κ1) is 12.6. The fourth-order valence-corrected chi connectivity index (χ4v) is 2.24. The van der Waals surface area contributed by atoms with E-state index in [0.717, 1.165) is 11.8 Å².